The van der Waals surface area contributed by atoms with Gasteiger partial charge >= 0.3 is 0 Å². The standard InChI is InChI=1S/C19H31NO2/c1-16(2)18-8-7-17(3)19(15-18)22-14-13-21-12-11-20-9-5-4-6-10-20/h7-8,15-16H,4-6,9-14H2,1-3H3/p+1. The van der Waals surface area contributed by atoms with Gasteiger partial charge in [-0.05, 0) is 49.3 Å². The van der Waals surface area contributed by atoms with Crippen LogP contribution in [-0.2, 0) is 4.74 Å². The van der Waals surface area contributed by atoms with Crippen LogP contribution in [0.2, 0.25) is 0 Å². The largest absolute Gasteiger partial charge is 0.491 e. The molecule has 0 atom stereocenters. The Labute approximate surface area is 135 Å². The number of rotatable bonds is 8. The summed E-state index contributed by atoms with van der Waals surface area (Å²) in [6, 6.07) is 6.49. The van der Waals surface area contributed by atoms with Gasteiger partial charge in [0, 0.05) is 0 Å². The van der Waals surface area contributed by atoms with Crippen molar-refractivity contribution in [2.45, 2.75) is 46.0 Å². The van der Waals surface area contributed by atoms with Crippen LogP contribution < -0.4 is 9.64 Å². The Morgan fingerprint density at radius 1 is 1.05 bits per heavy atom. The molecule has 0 unspecified atom stereocenters. The van der Waals surface area contributed by atoms with Gasteiger partial charge in [0.1, 0.15) is 18.9 Å². The van der Waals surface area contributed by atoms with Gasteiger partial charge in [-0.25, -0.2) is 0 Å². The summed E-state index contributed by atoms with van der Waals surface area (Å²) in [7, 11) is 0. The molecule has 0 saturated carbocycles. The van der Waals surface area contributed by atoms with Crippen LogP contribution >= 0.6 is 0 Å². The predicted molar refractivity (Wildman–Crippen MR) is 91.0 cm³/mol. The monoisotopic (exact) mass is 306 g/mol. The lowest BCUT2D eigenvalue weighted by Gasteiger charge is -2.23. The number of aryl methyl sites for hydroxylation is 1. The van der Waals surface area contributed by atoms with Gasteiger partial charge in [0.25, 0.3) is 0 Å². The van der Waals surface area contributed by atoms with E-state index in [4.69, 9.17) is 9.47 Å². The van der Waals surface area contributed by atoms with Crippen LogP contribution in [0.3, 0.4) is 0 Å². The maximum atomic E-state index is 5.89. The smallest absolute Gasteiger partial charge is 0.122 e. The van der Waals surface area contributed by atoms with Crippen LogP contribution in [0.4, 0.5) is 0 Å². The van der Waals surface area contributed by atoms with Crippen LogP contribution in [0.15, 0.2) is 18.2 Å². The van der Waals surface area contributed by atoms with E-state index in [9.17, 15) is 0 Å². The maximum absolute atomic E-state index is 5.89. The van der Waals surface area contributed by atoms with E-state index in [2.05, 4.69) is 39.0 Å². The van der Waals surface area contributed by atoms with Crippen LogP contribution in [0.25, 0.3) is 0 Å². The molecule has 22 heavy (non-hydrogen) atoms. The van der Waals surface area contributed by atoms with E-state index in [0.717, 1.165) is 18.9 Å². The van der Waals surface area contributed by atoms with Crippen molar-refractivity contribution < 1.29 is 14.4 Å². The molecule has 1 fully saturated rings. The summed E-state index contributed by atoms with van der Waals surface area (Å²) in [5.41, 5.74) is 2.53. The topological polar surface area (TPSA) is 22.9 Å². The molecule has 0 aliphatic carbocycles. The Morgan fingerprint density at radius 2 is 1.82 bits per heavy atom. The van der Waals surface area contributed by atoms with Gasteiger partial charge in [-0.2, -0.15) is 0 Å². The van der Waals surface area contributed by atoms with Crippen molar-refractivity contribution in [3.05, 3.63) is 29.3 Å². The number of hydrogen-bond donors (Lipinski definition) is 1. The molecule has 124 valence electrons. The quantitative estimate of drug-likeness (QED) is 0.746. The van der Waals surface area contributed by atoms with Crippen molar-refractivity contribution in [3.63, 3.8) is 0 Å². The first kappa shape index (κ1) is 17.3. The molecular weight excluding hydrogens is 274 g/mol. The van der Waals surface area contributed by atoms with E-state index in [1.54, 1.807) is 4.90 Å². The molecule has 1 aromatic rings. The third-order valence-electron chi connectivity index (χ3n) is 4.52. The fraction of sp³-hybridized carbons (Fsp3) is 0.684. The molecule has 2 rings (SSSR count). The first-order valence-corrected chi connectivity index (χ1v) is 8.81. The second kappa shape index (κ2) is 9.16. The number of quaternary nitrogens is 1. The van der Waals surface area contributed by atoms with Crippen molar-refractivity contribution in [2.24, 2.45) is 0 Å². The third kappa shape index (κ3) is 5.62. The molecule has 0 amide bonds. The minimum Gasteiger partial charge on any atom is -0.491 e. The summed E-state index contributed by atoms with van der Waals surface area (Å²) >= 11 is 0. The van der Waals surface area contributed by atoms with Gasteiger partial charge < -0.3 is 14.4 Å². The Bertz CT molecular complexity index is 439. The molecule has 0 bridgehead atoms. The average Bonchev–Trinajstić information content (AvgIpc) is 2.53. The number of hydrogen-bond acceptors (Lipinski definition) is 2. The molecule has 3 heteroatoms. The van der Waals surface area contributed by atoms with Gasteiger partial charge in [0.05, 0.1) is 26.3 Å². The zero-order valence-electron chi connectivity index (χ0n) is 14.5. The molecule has 1 aliphatic rings. The Kier molecular flexibility index (Phi) is 7.20. The highest BCUT2D eigenvalue weighted by Crippen LogP contribution is 2.24. The lowest BCUT2D eigenvalue weighted by atomic mass is 10.0. The van der Waals surface area contributed by atoms with Crippen LogP contribution in [0, 0.1) is 6.92 Å². The van der Waals surface area contributed by atoms with Crippen molar-refractivity contribution >= 4 is 0 Å². The van der Waals surface area contributed by atoms with Crippen molar-refractivity contribution in [1.29, 1.82) is 0 Å². The zero-order valence-corrected chi connectivity index (χ0v) is 14.5. The van der Waals surface area contributed by atoms with Crippen LogP contribution in [-0.4, -0.2) is 39.5 Å². The first-order valence-electron chi connectivity index (χ1n) is 8.81. The highest BCUT2D eigenvalue weighted by Gasteiger charge is 2.12. The third-order valence-corrected chi connectivity index (χ3v) is 4.52. The number of piperidine rings is 1. The molecule has 1 aromatic carbocycles. The molecule has 1 N–H and O–H groups in total. The fourth-order valence-corrected chi connectivity index (χ4v) is 2.96. The minimum atomic E-state index is 0.534. The molecule has 1 aliphatic heterocycles. The Hall–Kier alpha value is -1.06. The van der Waals surface area contributed by atoms with E-state index >= 15 is 0 Å². The number of benzene rings is 1. The molecule has 0 spiro atoms. The number of ether oxygens (including phenoxy) is 2. The summed E-state index contributed by atoms with van der Waals surface area (Å²) in [5, 5.41) is 0. The lowest BCUT2D eigenvalue weighted by molar-refractivity contribution is -0.905. The Balaban J connectivity index is 1.63. The second-order valence-electron chi connectivity index (χ2n) is 6.70. The summed E-state index contributed by atoms with van der Waals surface area (Å²) in [6.45, 7) is 12.5. The van der Waals surface area contributed by atoms with Gasteiger partial charge in [0.2, 0.25) is 0 Å². The summed E-state index contributed by atoms with van der Waals surface area (Å²) in [4.78, 5) is 1.70. The van der Waals surface area contributed by atoms with Crippen molar-refractivity contribution in [3.8, 4) is 5.75 Å². The normalized spacial score (nSPS) is 16.2. The SMILES string of the molecule is Cc1ccc(C(C)C)cc1OCCOCC[NH+]1CCCCC1. The molecular formula is C19H32NO2+. The summed E-state index contributed by atoms with van der Waals surface area (Å²) in [6.07, 6.45) is 4.17. The predicted octanol–water partition coefficient (Wildman–Crippen LogP) is 2.58. The lowest BCUT2D eigenvalue weighted by Crippen LogP contribution is -3.13. The highest BCUT2D eigenvalue weighted by atomic mass is 16.5. The number of nitrogens with one attached hydrogen (secondary N) is 1. The van der Waals surface area contributed by atoms with Gasteiger partial charge in [-0.1, -0.05) is 26.0 Å². The maximum Gasteiger partial charge on any atom is 0.122 e. The number of likely N-dealkylation sites (tertiary alicyclic amines) is 1. The van der Waals surface area contributed by atoms with Crippen molar-refractivity contribution in [2.75, 3.05) is 39.5 Å². The van der Waals surface area contributed by atoms with Gasteiger partial charge in [0.15, 0.2) is 0 Å². The summed E-state index contributed by atoms with van der Waals surface area (Å²) < 4.78 is 11.6. The van der Waals surface area contributed by atoms with Crippen LogP contribution in [0.5, 0.6) is 5.75 Å². The second-order valence-corrected chi connectivity index (χ2v) is 6.70. The fourth-order valence-electron chi connectivity index (χ4n) is 2.96. The zero-order chi connectivity index (χ0) is 15.8. The van der Waals surface area contributed by atoms with E-state index < -0.39 is 0 Å². The van der Waals surface area contributed by atoms with Gasteiger partial charge in [-0.3, -0.25) is 0 Å². The van der Waals surface area contributed by atoms with E-state index in [1.165, 1.54) is 43.5 Å². The first-order chi connectivity index (χ1) is 10.7. The van der Waals surface area contributed by atoms with E-state index in [0.29, 0.717) is 19.1 Å². The molecule has 3 nitrogen and oxygen atoms in total. The Morgan fingerprint density at radius 3 is 2.55 bits per heavy atom. The highest BCUT2D eigenvalue weighted by molar-refractivity contribution is 5.37. The summed E-state index contributed by atoms with van der Waals surface area (Å²) in [5.74, 6) is 1.53. The van der Waals surface area contributed by atoms with E-state index in [1.807, 2.05) is 0 Å². The molecule has 0 aromatic heterocycles. The average molecular weight is 306 g/mol. The van der Waals surface area contributed by atoms with Crippen LogP contribution in [0.1, 0.15) is 50.2 Å². The molecule has 1 heterocycles. The van der Waals surface area contributed by atoms with Crippen molar-refractivity contribution in [1.82, 2.24) is 0 Å². The molecule has 1 saturated heterocycles. The molecule has 0 radical (unpaired) electrons. The van der Waals surface area contributed by atoms with Gasteiger partial charge in [-0.15, -0.1) is 0 Å². The minimum absolute atomic E-state index is 0.534. The van der Waals surface area contributed by atoms with E-state index in [-0.39, 0.29) is 0 Å².